The van der Waals surface area contributed by atoms with Crippen molar-refractivity contribution in [3.8, 4) is 28.5 Å². The number of carboxylic acid groups (broad SMARTS) is 1. The lowest BCUT2D eigenvalue weighted by Crippen LogP contribution is -2.04. The quantitative estimate of drug-likeness (QED) is 0.719. The van der Waals surface area contributed by atoms with E-state index in [1.807, 2.05) is 0 Å². The highest BCUT2D eigenvalue weighted by Gasteiger charge is 2.23. The maximum atomic E-state index is 11.9. The van der Waals surface area contributed by atoms with E-state index in [1.54, 1.807) is 30.3 Å². The van der Waals surface area contributed by atoms with Crippen LogP contribution in [0.25, 0.3) is 22.2 Å². The van der Waals surface area contributed by atoms with Crippen LogP contribution in [0.3, 0.4) is 0 Å². The largest absolute Gasteiger partial charge is 0.493 e. The summed E-state index contributed by atoms with van der Waals surface area (Å²) in [6.45, 7) is 0. The molecule has 0 unspecified atom stereocenters. The molecule has 1 aromatic heterocycles. The summed E-state index contributed by atoms with van der Waals surface area (Å²) in [5.41, 5.74) is 1.72. The van der Waals surface area contributed by atoms with Crippen LogP contribution in [0, 0.1) is 0 Å². The van der Waals surface area contributed by atoms with Crippen molar-refractivity contribution in [1.82, 2.24) is 4.98 Å². The lowest BCUT2D eigenvalue weighted by atomic mass is 10.0. The molecule has 0 aliphatic carbocycles. The highest BCUT2D eigenvalue weighted by Crippen LogP contribution is 2.44. The van der Waals surface area contributed by atoms with Crippen molar-refractivity contribution in [1.29, 1.82) is 0 Å². The Balaban J connectivity index is 2.39. The monoisotopic (exact) mass is 373 g/mol. The molecule has 3 aromatic rings. The molecule has 1 N–H and O–H groups in total. The van der Waals surface area contributed by atoms with E-state index >= 15 is 0 Å². The van der Waals surface area contributed by atoms with Crippen LogP contribution in [0.1, 0.15) is 10.4 Å². The van der Waals surface area contributed by atoms with Gasteiger partial charge >= 0.3 is 5.97 Å². The fourth-order valence-corrected chi connectivity index (χ4v) is 2.93. The molecule has 0 aliphatic heterocycles. The van der Waals surface area contributed by atoms with Crippen molar-refractivity contribution in [2.45, 2.75) is 0 Å². The Kier molecular flexibility index (Phi) is 4.86. The van der Waals surface area contributed by atoms with Crippen molar-refractivity contribution in [2.75, 3.05) is 21.3 Å². The molecule has 1 heterocycles. The third kappa shape index (κ3) is 2.99. The molecule has 6 nitrogen and oxygen atoms in total. The number of carbonyl (C=O) groups is 1. The molecular weight excluding hydrogens is 358 g/mol. The number of hydrogen-bond acceptors (Lipinski definition) is 5. The average Bonchev–Trinajstić information content (AvgIpc) is 2.65. The topological polar surface area (TPSA) is 77.9 Å². The normalized spacial score (nSPS) is 10.6. The Morgan fingerprint density at radius 1 is 1.00 bits per heavy atom. The van der Waals surface area contributed by atoms with Crippen LogP contribution in [0.5, 0.6) is 17.2 Å². The van der Waals surface area contributed by atoms with E-state index in [-0.39, 0.29) is 11.3 Å². The molecule has 0 radical (unpaired) electrons. The maximum Gasteiger partial charge on any atom is 0.336 e. The molecule has 0 aliphatic rings. The molecule has 0 atom stereocenters. The van der Waals surface area contributed by atoms with Gasteiger partial charge in [0, 0.05) is 16.7 Å². The predicted molar refractivity (Wildman–Crippen MR) is 98.8 cm³/mol. The van der Waals surface area contributed by atoms with Gasteiger partial charge in [-0.3, -0.25) is 0 Å². The van der Waals surface area contributed by atoms with Gasteiger partial charge in [0.1, 0.15) is 0 Å². The number of ether oxygens (including phenoxy) is 3. The van der Waals surface area contributed by atoms with Crippen molar-refractivity contribution in [2.24, 2.45) is 0 Å². The summed E-state index contributed by atoms with van der Waals surface area (Å²) in [4.78, 5) is 16.5. The van der Waals surface area contributed by atoms with Crippen LogP contribution < -0.4 is 14.2 Å². The number of rotatable bonds is 5. The number of fused-ring (bicyclic) bond motifs is 1. The first-order valence-electron chi connectivity index (χ1n) is 7.63. The molecule has 26 heavy (non-hydrogen) atoms. The summed E-state index contributed by atoms with van der Waals surface area (Å²) in [5, 5.41) is 10.7. The summed E-state index contributed by atoms with van der Waals surface area (Å²) in [7, 11) is 4.39. The molecule has 2 aromatic carbocycles. The van der Waals surface area contributed by atoms with Crippen LogP contribution in [-0.2, 0) is 0 Å². The van der Waals surface area contributed by atoms with E-state index in [2.05, 4.69) is 4.98 Å². The van der Waals surface area contributed by atoms with Gasteiger partial charge in [-0.15, -0.1) is 0 Å². The van der Waals surface area contributed by atoms with E-state index in [4.69, 9.17) is 25.8 Å². The minimum atomic E-state index is -1.10. The van der Waals surface area contributed by atoms with Crippen molar-refractivity contribution >= 4 is 28.5 Å². The summed E-state index contributed by atoms with van der Waals surface area (Å²) in [6, 6.07) is 10.1. The van der Waals surface area contributed by atoms with E-state index in [0.717, 1.165) is 5.56 Å². The van der Waals surface area contributed by atoms with Crippen LogP contribution in [0.4, 0.5) is 0 Å². The predicted octanol–water partition coefficient (Wildman–Crippen LogP) is 4.28. The summed E-state index contributed by atoms with van der Waals surface area (Å²) in [5.74, 6) is -0.132. The molecule has 0 bridgehead atoms. The van der Waals surface area contributed by atoms with Gasteiger partial charge in [-0.25, -0.2) is 9.78 Å². The third-order valence-corrected chi connectivity index (χ3v) is 4.22. The molecule has 0 spiro atoms. The van der Waals surface area contributed by atoms with Gasteiger partial charge in [0.15, 0.2) is 11.5 Å². The summed E-state index contributed by atoms with van der Waals surface area (Å²) < 4.78 is 16.1. The number of carboxylic acids is 1. The Morgan fingerprint density at radius 2 is 1.65 bits per heavy atom. The number of benzene rings is 2. The number of halogens is 1. The highest BCUT2D eigenvalue weighted by molar-refractivity contribution is 6.30. The zero-order valence-corrected chi connectivity index (χ0v) is 15.1. The summed E-state index contributed by atoms with van der Waals surface area (Å²) in [6.07, 6.45) is 0. The van der Waals surface area contributed by atoms with Crippen LogP contribution in [0.2, 0.25) is 5.02 Å². The van der Waals surface area contributed by atoms with E-state index < -0.39 is 5.97 Å². The van der Waals surface area contributed by atoms with Gasteiger partial charge in [-0.1, -0.05) is 23.7 Å². The van der Waals surface area contributed by atoms with Gasteiger partial charge in [-0.2, -0.15) is 0 Å². The Hall–Kier alpha value is -2.99. The van der Waals surface area contributed by atoms with E-state index in [9.17, 15) is 9.90 Å². The Bertz CT molecular complexity index is 986. The molecule has 0 saturated heterocycles. The SMILES string of the molecule is COc1cc2nc(-c3ccc(Cl)cc3)cc(C(=O)O)c2c(OC)c1OC. The van der Waals surface area contributed by atoms with E-state index in [0.29, 0.717) is 33.1 Å². The fraction of sp³-hybridized carbons (Fsp3) is 0.158. The number of nitrogens with zero attached hydrogens (tertiary/aromatic N) is 1. The van der Waals surface area contributed by atoms with Crippen molar-refractivity contribution in [3.63, 3.8) is 0 Å². The third-order valence-electron chi connectivity index (χ3n) is 3.97. The van der Waals surface area contributed by atoms with Gasteiger partial charge in [0.05, 0.1) is 43.5 Å². The molecule has 0 amide bonds. The van der Waals surface area contributed by atoms with Gasteiger partial charge < -0.3 is 19.3 Å². The van der Waals surface area contributed by atoms with Gasteiger partial charge in [0.2, 0.25) is 5.75 Å². The van der Waals surface area contributed by atoms with Crippen LogP contribution in [0.15, 0.2) is 36.4 Å². The first-order valence-corrected chi connectivity index (χ1v) is 8.01. The minimum Gasteiger partial charge on any atom is -0.493 e. The molecule has 3 rings (SSSR count). The second kappa shape index (κ2) is 7.09. The summed E-state index contributed by atoms with van der Waals surface area (Å²) >= 11 is 5.93. The average molecular weight is 374 g/mol. The van der Waals surface area contributed by atoms with Crippen LogP contribution in [-0.4, -0.2) is 37.4 Å². The second-order valence-corrected chi connectivity index (χ2v) is 5.84. The minimum absolute atomic E-state index is 0.0535. The Labute approximate surface area is 154 Å². The standard InChI is InChI=1S/C19H16ClNO5/c1-24-15-9-14-16(18(26-3)17(15)25-2)12(19(22)23)8-13(21-14)10-4-6-11(20)7-5-10/h4-9H,1-3H3,(H,22,23). The second-order valence-electron chi connectivity index (χ2n) is 5.41. The zero-order valence-electron chi connectivity index (χ0n) is 14.4. The lowest BCUT2D eigenvalue weighted by molar-refractivity contribution is 0.0698. The number of aromatic nitrogens is 1. The number of hydrogen-bond donors (Lipinski definition) is 1. The molecule has 0 saturated carbocycles. The molecular formula is C19H16ClNO5. The smallest absolute Gasteiger partial charge is 0.336 e. The van der Waals surface area contributed by atoms with Gasteiger partial charge in [0.25, 0.3) is 0 Å². The first kappa shape index (κ1) is 17.8. The molecule has 7 heteroatoms. The Morgan fingerprint density at radius 3 is 2.19 bits per heavy atom. The number of aromatic carboxylic acids is 1. The van der Waals surface area contributed by atoms with Crippen LogP contribution >= 0.6 is 11.6 Å². The first-order chi connectivity index (χ1) is 12.5. The number of pyridine rings is 1. The molecule has 134 valence electrons. The fourth-order valence-electron chi connectivity index (χ4n) is 2.80. The maximum absolute atomic E-state index is 11.9. The van der Waals surface area contributed by atoms with Gasteiger partial charge in [-0.05, 0) is 18.2 Å². The lowest BCUT2D eigenvalue weighted by Gasteiger charge is -2.16. The molecule has 0 fully saturated rings. The van der Waals surface area contributed by atoms with Crippen molar-refractivity contribution < 1.29 is 24.1 Å². The zero-order chi connectivity index (χ0) is 18.8. The van der Waals surface area contributed by atoms with E-state index in [1.165, 1.54) is 27.4 Å². The number of methoxy groups -OCH3 is 3. The van der Waals surface area contributed by atoms with Crippen molar-refractivity contribution in [3.05, 3.63) is 47.0 Å². The highest BCUT2D eigenvalue weighted by atomic mass is 35.5.